The van der Waals surface area contributed by atoms with Crippen molar-refractivity contribution in [2.75, 3.05) is 23.6 Å². The van der Waals surface area contributed by atoms with Gasteiger partial charge in [-0.15, -0.1) is 0 Å². The van der Waals surface area contributed by atoms with Crippen LogP contribution in [0.3, 0.4) is 0 Å². The molecule has 0 saturated carbocycles. The first-order chi connectivity index (χ1) is 17.2. The molecule has 0 amide bonds. The number of pyridine rings is 1. The minimum Gasteiger partial charge on any atom is -0.327 e. The van der Waals surface area contributed by atoms with Crippen molar-refractivity contribution in [1.82, 2.24) is 20.1 Å². The molecular formula is C28H30FN5S. The summed E-state index contributed by atoms with van der Waals surface area (Å²) >= 11 is 1.52. The van der Waals surface area contributed by atoms with E-state index in [9.17, 15) is 0 Å². The Labute approximate surface area is 210 Å². The standard InChI is InChI=1S/C28H30FN5S/c1-2-18-35-33-26-5-3-4-24(27(26)29)25-19-34(32-28(25)22-12-16-31-17-13-22)23-8-6-20(7-9-23)21-10-14-30-15-11-21/h3-9,12-13,16-17,19,21,30,33H,2,10-11,14-15,18H2,1H3. The zero-order valence-corrected chi connectivity index (χ0v) is 20.7. The normalized spacial score (nSPS) is 14.2. The largest absolute Gasteiger partial charge is 0.327 e. The lowest BCUT2D eigenvalue weighted by Crippen LogP contribution is -2.26. The van der Waals surface area contributed by atoms with Crippen LogP contribution in [-0.4, -0.2) is 33.6 Å². The molecule has 0 unspecified atom stereocenters. The number of piperidine rings is 1. The van der Waals surface area contributed by atoms with Gasteiger partial charge in [0.15, 0.2) is 5.82 Å². The van der Waals surface area contributed by atoms with E-state index in [1.165, 1.54) is 17.5 Å². The fraction of sp³-hybridized carbons (Fsp3) is 0.286. The Hall–Kier alpha value is -3.16. The van der Waals surface area contributed by atoms with Crippen molar-refractivity contribution in [2.45, 2.75) is 32.1 Å². The maximum absolute atomic E-state index is 15.6. The molecule has 7 heteroatoms. The number of rotatable bonds is 8. The van der Waals surface area contributed by atoms with E-state index in [0.29, 0.717) is 17.2 Å². The summed E-state index contributed by atoms with van der Waals surface area (Å²) in [6, 6.07) is 17.9. The summed E-state index contributed by atoms with van der Waals surface area (Å²) in [5.41, 5.74) is 5.71. The molecular weight excluding hydrogens is 457 g/mol. The molecule has 1 aliphatic heterocycles. The van der Waals surface area contributed by atoms with Crippen LogP contribution >= 0.6 is 11.9 Å². The molecule has 2 N–H and O–H groups in total. The summed E-state index contributed by atoms with van der Waals surface area (Å²) in [7, 11) is 0. The molecule has 5 rings (SSSR count). The zero-order valence-electron chi connectivity index (χ0n) is 19.9. The highest BCUT2D eigenvalue weighted by molar-refractivity contribution is 8.00. The van der Waals surface area contributed by atoms with E-state index in [1.807, 2.05) is 35.1 Å². The molecule has 3 heterocycles. The van der Waals surface area contributed by atoms with Crippen LogP contribution < -0.4 is 10.0 Å². The Morgan fingerprint density at radius 1 is 1.03 bits per heavy atom. The van der Waals surface area contributed by atoms with Crippen LogP contribution in [0, 0.1) is 5.82 Å². The SMILES string of the molecule is CCCSNc1cccc(-c2cn(-c3ccc(C4CCNCC4)cc3)nc2-c2ccncc2)c1F. The third-order valence-corrected chi connectivity index (χ3v) is 7.39. The molecule has 0 atom stereocenters. The molecule has 180 valence electrons. The van der Waals surface area contributed by atoms with Gasteiger partial charge in [0.1, 0.15) is 5.69 Å². The number of benzene rings is 2. The molecule has 5 nitrogen and oxygen atoms in total. The monoisotopic (exact) mass is 487 g/mol. The Morgan fingerprint density at radius 3 is 2.54 bits per heavy atom. The molecule has 4 aromatic rings. The molecule has 0 spiro atoms. The predicted molar refractivity (Wildman–Crippen MR) is 143 cm³/mol. The van der Waals surface area contributed by atoms with Crippen molar-refractivity contribution in [3.8, 4) is 28.1 Å². The predicted octanol–water partition coefficient (Wildman–Crippen LogP) is 6.68. The van der Waals surface area contributed by atoms with Gasteiger partial charge < -0.3 is 10.0 Å². The summed E-state index contributed by atoms with van der Waals surface area (Å²) < 4.78 is 20.6. The minimum atomic E-state index is -0.271. The van der Waals surface area contributed by atoms with Crippen molar-refractivity contribution in [2.24, 2.45) is 0 Å². The van der Waals surface area contributed by atoms with E-state index < -0.39 is 0 Å². The first-order valence-corrected chi connectivity index (χ1v) is 13.2. The Morgan fingerprint density at radius 2 is 1.80 bits per heavy atom. The van der Waals surface area contributed by atoms with Gasteiger partial charge in [0.25, 0.3) is 0 Å². The molecule has 1 fully saturated rings. The van der Waals surface area contributed by atoms with E-state index in [0.717, 1.165) is 60.6 Å². The van der Waals surface area contributed by atoms with Crippen LogP contribution in [0.5, 0.6) is 0 Å². The first-order valence-electron chi connectivity index (χ1n) is 12.2. The lowest BCUT2D eigenvalue weighted by molar-refractivity contribution is 0.460. The number of hydrogen-bond donors (Lipinski definition) is 2. The summed E-state index contributed by atoms with van der Waals surface area (Å²) in [5.74, 6) is 1.24. The number of nitrogens with zero attached hydrogens (tertiary/aromatic N) is 3. The topological polar surface area (TPSA) is 54.8 Å². The van der Waals surface area contributed by atoms with Crippen molar-refractivity contribution >= 4 is 17.6 Å². The fourth-order valence-electron chi connectivity index (χ4n) is 4.53. The number of anilines is 1. The highest BCUT2D eigenvalue weighted by Crippen LogP contribution is 2.36. The maximum Gasteiger partial charge on any atom is 0.155 e. The van der Waals surface area contributed by atoms with Crippen LogP contribution in [0.1, 0.15) is 37.7 Å². The molecule has 35 heavy (non-hydrogen) atoms. The van der Waals surface area contributed by atoms with Crippen molar-refractivity contribution in [1.29, 1.82) is 0 Å². The van der Waals surface area contributed by atoms with Crippen LogP contribution in [0.25, 0.3) is 28.1 Å². The molecule has 0 radical (unpaired) electrons. The van der Waals surface area contributed by atoms with E-state index in [2.05, 4.69) is 46.2 Å². The molecule has 1 saturated heterocycles. The minimum absolute atomic E-state index is 0.271. The van der Waals surface area contributed by atoms with Crippen LogP contribution in [0.15, 0.2) is 73.2 Å². The fourth-order valence-corrected chi connectivity index (χ4v) is 5.15. The quantitative estimate of drug-likeness (QED) is 0.215. The lowest BCUT2D eigenvalue weighted by Gasteiger charge is -2.23. The number of halogens is 1. The molecule has 2 aromatic carbocycles. The van der Waals surface area contributed by atoms with Crippen molar-refractivity contribution in [3.63, 3.8) is 0 Å². The van der Waals surface area contributed by atoms with E-state index in [-0.39, 0.29) is 5.82 Å². The lowest BCUT2D eigenvalue weighted by atomic mass is 9.90. The van der Waals surface area contributed by atoms with Gasteiger partial charge in [0, 0.05) is 41.0 Å². The molecule has 2 aromatic heterocycles. The second-order valence-electron chi connectivity index (χ2n) is 8.81. The van der Waals surface area contributed by atoms with Crippen LogP contribution in [0.4, 0.5) is 10.1 Å². The number of hydrogen-bond acceptors (Lipinski definition) is 5. The second-order valence-corrected chi connectivity index (χ2v) is 9.71. The van der Waals surface area contributed by atoms with Gasteiger partial charge in [-0.2, -0.15) is 5.10 Å². The highest BCUT2D eigenvalue weighted by atomic mass is 32.2. The molecule has 0 bridgehead atoms. The van der Waals surface area contributed by atoms with Crippen LogP contribution in [-0.2, 0) is 0 Å². The van der Waals surface area contributed by atoms with E-state index >= 15 is 4.39 Å². The third-order valence-electron chi connectivity index (χ3n) is 6.41. The van der Waals surface area contributed by atoms with Gasteiger partial charge in [-0.05, 0) is 74.2 Å². The van der Waals surface area contributed by atoms with Gasteiger partial charge >= 0.3 is 0 Å². The summed E-state index contributed by atoms with van der Waals surface area (Å²) in [5, 5.41) is 8.33. The van der Waals surface area contributed by atoms with Gasteiger partial charge in [0.2, 0.25) is 0 Å². The van der Waals surface area contributed by atoms with E-state index in [4.69, 9.17) is 5.10 Å². The number of nitrogens with one attached hydrogen (secondary N) is 2. The maximum atomic E-state index is 15.6. The average molecular weight is 488 g/mol. The second kappa shape index (κ2) is 11.1. The smallest absolute Gasteiger partial charge is 0.155 e. The van der Waals surface area contributed by atoms with Gasteiger partial charge in [-0.1, -0.05) is 43.1 Å². The zero-order chi connectivity index (χ0) is 24.0. The summed E-state index contributed by atoms with van der Waals surface area (Å²) in [6.07, 6.45) is 8.75. The molecule has 1 aliphatic rings. The summed E-state index contributed by atoms with van der Waals surface area (Å²) in [4.78, 5) is 4.14. The van der Waals surface area contributed by atoms with Gasteiger partial charge in [-0.25, -0.2) is 9.07 Å². The Balaban J connectivity index is 1.52. The van der Waals surface area contributed by atoms with Gasteiger partial charge in [0.05, 0.1) is 11.4 Å². The average Bonchev–Trinajstić information content (AvgIpc) is 3.36. The van der Waals surface area contributed by atoms with Gasteiger partial charge in [-0.3, -0.25) is 4.98 Å². The van der Waals surface area contributed by atoms with E-state index in [1.54, 1.807) is 18.5 Å². The van der Waals surface area contributed by atoms with Crippen molar-refractivity contribution in [3.05, 3.63) is 84.6 Å². The molecule has 0 aliphatic carbocycles. The highest BCUT2D eigenvalue weighted by Gasteiger charge is 2.20. The first kappa shape index (κ1) is 23.6. The van der Waals surface area contributed by atoms with Crippen LogP contribution in [0.2, 0.25) is 0 Å². The third kappa shape index (κ3) is 5.26. The summed E-state index contributed by atoms with van der Waals surface area (Å²) in [6.45, 7) is 4.25. The Bertz CT molecular complexity index is 1250. The number of aromatic nitrogens is 3. The Kier molecular flexibility index (Phi) is 7.45. The van der Waals surface area contributed by atoms with Crippen molar-refractivity contribution < 1.29 is 4.39 Å².